The molecular weight excluding hydrogens is 388 g/mol. The van der Waals surface area contributed by atoms with E-state index in [1.54, 1.807) is 19.9 Å². The number of methoxy groups -OCH3 is 1. The topological polar surface area (TPSA) is 84.5 Å². The van der Waals surface area contributed by atoms with E-state index in [0.717, 1.165) is 16.3 Å². The molecule has 0 heterocycles. The Balaban J connectivity index is 1.85. The van der Waals surface area contributed by atoms with Crippen LogP contribution >= 0.6 is 0 Å². The maximum Gasteiger partial charge on any atom is 0.251 e. The molecule has 0 atom stereocenters. The highest BCUT2D eigenvalue weighted by Gasteiger charge is 2.22. The number of carbonyl (C=O) groups is 1. The first kappa shape index (κ1) is 20.8. The average molecular weight is 413 g/mol. The van der Waals surface area contributed by atoms with Gasteiger partial charge in [0, 0.05) is 18.2 Å². The molecule has 0 bridgehead atoms. The third-order valence-corrected chi connectivity index (χ3v) is 6.11. The molecule has 6 nitrogen and oxygen atoms in total. The van der Waals surface area contributed by atoms with Crippen LogP contribution in [0.2, 0.25) is 0 Å². The fraction of sp³-hybridized carbons (Fsp3) is 0.227. The smallest absolute Gasteiger partial charge is 0.251 e. The van der Waals surface area contributed by atoms with Gasteiger partial charge in [-0.2, -0.15) is 0 Å². The van der Waals surface area contributed by atoms with Crippen molar-refractivity contribution in [1.82, 2.24) is 10.0 Å². The summed E-state index contributed by atoms with van der Waals surface area (Å²) in [4.78, 5) is 12.6. The summed E-state index contributed by atoms with van der Waals surface area (Å²) in [5, 5.41) is 5.03. The molecular formula is C22H24N2O4S. The van der Waals surface area contributed by atoms with Crippen molar-refractivity contribution >= 4 is 26.7 Å². The number of nitrogens with one attached hydrogen (secondary N) is 2. The Labute approximate surface area is 170 Å². The minimum atomic E-state index is -3.81. The Morgan fingerprint density at radius 3 is 2.48 bits per heavy atom. The van der Waals surface area contributed by atoms with E-state index in [-0.39, 0.29) is 28.2 Å². The standard InChI is InChI=1S/C22H24N2O4S/c1-15(2)24-29(26,27)21-13-17(11-12-20(21)28-3)22(25)23-14-18-9-6-8-16-7-4-5-10-19(16)18/h4-13,15,24H,14H2,1-3H3,(H,23,25). The zero-order valence-electron chi connectivity index (χ0n) is 16.6. The van der Waals surface area contributed by atoms with E-state index in [2.05, 4.69) is 10.0 Å². The first-order valence-electron chi connectivity index (χ1n) is 9.27. The van der Waals surface area contributed by atoms with E-state index in [9.17, 15) is 13.2 Å². The number of benzene rings is 3. The van der Waals surface area contributed by atoms with Gasteiger partial charge in [0.2, 0.25) is 10.0 Å². The largest absolute Gasteiger partial charge is 0.495 e. The molecule has 0 aliphatic heterocycles. The Hall–Kier alpha value is -2.90. The third-order valence-electron chi connectivity index (χ3n) is 4.43. The van der Waals surface area contributed by atoms with Crippen LogP contribution in [0.1, 0.15) is 29.8 Å². The number of hydrogen-bond donors (Lipinski definition) is 2. The summed E-state index contributed by atoms with van der Waals surface area (Å²) < 4.78 is 32.9. The SMILES string of the molecule is COc1ccc(C(=O)NCc2cccc3ccccc23)cc1S(=O)(=O)NC(C)C. The van der Waals surface area contributed by atoms with Crippen molar-refractivity contribution in [2.24, 2.45) is 0 Å². The lowest BCUT2D eigenvalue weighted by Gasteiger charge is -2.14. The van der Waals surface area contributed by atoms with E-state index in [1.165, 1.54) is 19.2 Å². The summed E-state index contributed by atoms with van der Waals surface area (Å²) in [6, 6.07) is 17.9. The molecule has 29 heavy (non-hydrogen) atoms. The van der Waals surface area contributed by atoms with Crippen LogP contribution in [0.3, 0.4) is 0 Å². The van der Waals surface area contributed by atoms with Crippen LogP contribution in [0.25, 0.3) is 10.8 Å². The van der Waals surface area contributed by atoms with Gasteiger partial charge >= 0.3 is 0 Å². The molecule has 3 aromatic rings. The highest BCUT2D eigenvalue weighted by molar-refractivity contribution is 7.89. The highest BCUT2D eigenvalue weighted by Crippen LogP contribution is 2.25. The molecule has 0 aliphatic carbocycles. The second kappa shape index (κ2) is 8.63. The summed E-state index contributed by atoms with van der Waals surface area (Å²) in [5.41, 5.74) is 1.23. The minimum Gasteiger partial charge on any atom is -0.495 e. The molecule has 3 aromatic carbocycles. The summed E-state index contributed by atoms with van der Waals surface area (Å²) in [5.74, 6) is -0.176. The number of hydrogen-bond acceptors (Lipinski definition) is 4. The van der Waals surface area contributed by atoms with Crippen molar-refractivity contribution in [3.8, 4) is 5.75 Å². The van der Waals surface area contributed by atoms with Crippen LogP contribution in [0.15, 0.2) is 65.6 Å². The van der Waals surface area contributed by atoms with E-state index in [0.29, 0.717) is 6.54 Å². The van der Waals surface area contributed by atoms with Gasteiger partial charge in [0.05, 0.1) is 7.11 Å². The molecule has 0 spiro atoms. The van der Waals surface area contributed by atoms with Crippen LogP contribution in [0, 0.1) is 0 Å². The zero-order valence-corrected chi connectivity index (χ0v) is 17.4. The number of sulfonamides is 1. The lowest BCUT2D eigenvalue weighted by molar-refractivity contribution is 0.0951. The lowest BCUT2D eigenvalue weighted by Crippen LogP contribution is -2.31. The molecule has 3 rings (SSSR count). The number of ether oxygens (including phenoxy) is 1. The highest BCUT2D eigenvalue weighted by atomic mass is 32.2. The Morgan fingerprint density at radius 2 is 1.76 bits per heavy atom. The number of carbonyl (C=O) groups excluding carboxylic acids is 1. The molecule has 0 aromatic heterocycles. The predicted octanol–water partition coefficient (Wildman–Crippen LogP) is 3.47. The van der Waals surface area contributed by atoms with Gasteiger partial charge in [-0.25, -0.2) is 13.1 Å². The van der Waals surface area contributed by atoms with Crippen molar-refractivity contribution in [2.45, 2.75) is 31.3 Å². The second-order valence-electron chi connectivity index (χ2n) is 6.96. The van der Waals surface area contributed by atoms with Gasteiger partial charge in [0.25, 0.3) is 5.91 Å². The average Bonchev–Trinajstić information content (AvgIpc) is 2.70. The Kier molecular flexibility index (Phi) is 6.20. The molecule has 0 fully saturated rings. The number of amides is 1. The van der Waals surface area contributed by atoms with Crippen molar-refractivity contribution in [2.75, 3.05) is 7.11 Å². The number of rotatable bonds is 7. The molecule has 152 valence electrons. The first-order chi connectivity index (χ1) is 13.8. The van der Waals surface area contributed by atoms with Gasteiger partial charge in [0.15, 0.2) is 0 Å². The fourth-order valence-electron chi connectivity index (χ4n) is 3.13. The molecule has 7 heteroatoms. The van der Waals surface area contributed by atoms with Gasteiger partial charge in [-0.15, -0.1) is 0 Å². The van der Waals surface area contributed by atoms with Crippen LogP contribution in [0.4, 0.5) is 0 Å². The normalized spacial score (nSPS) is 11.6. The first-order valence-corrected chi connectivity index (χ1v) is 10.8. The number of fused-ring (bicyclic) bond motifs is 1. The van der Waals surface area contributed by atoms with Gasteiger partial charge in [0.1, 0.15) is 10.6 Å². The minimum absolute atomic E-state index is 0.0634. The monoisotopic (exact) mass is 412 g/mol. The summed E-state index contributed by atoms with van der Waals surface area (Å²) in [7, 11) is -2.42. The quantitative estimate of drug-likeness (QED) is 0.622. The van der Waals surface area contributed by atoms with Crippen molar-refractivity contribution in [3.05, 3.63) is 71.8 Å². The van der Waals surface area contributed by atoms with Crippen LogP contribution in [-0.4, -0.2) is 27.5 Å². The third kappa shape index (κ3) is 4.75. The van der Waals surface area contributed by atoms with Crippen LogP contribution < -0.4 is 14.8 Å². The summed E-state index contributed by atoms with van der Waals surface area (Å²) in [6.07, 6.45) is 0. The maximum atomic E-state index is 12.7. The summed E-state index contributed by atoms with van der Waals surface area (Å²) >= 11 is 0. The zero-order chi connectivity index (χ0) is 21.0. The van der Waals surface area contributed by atoms with Gasteiger partial charge in [-0.3, -0.25) is 4.79 Å². The van der Waals surface area contributed by atoms with Crippen LogP contribution in [0.5, 0.6) is 5.75 Å². The van der Waals surface area contributed by atoms with Gasteiger partial charge in [-0.05, 0) is 48.4 Å². The van der Waals surface area contributed by atoms with Crippen molar-refractivity contribution in [1.29, 1.82) is 0 Å². The molecule has 0 radical (unpaired) electrons. The van der Waals surface area contributed by atoms with Crippen LogP contribution in [-0.2, 0) is 16.6 Å². The van der Waals surface area contributed by atoms with Crippen molar-refractivity contribution < 1.29 is 17.9 Å². The van der Waals surface area contributed by atoms with E-state index >= 15 is 0 Å². The van der Waals surface area contributed by atoms with Crippen molar-refractivity contribution in [3.63, 3.8) is 0 Å². The maximum absolute atomic E-state index is 12.7. The molecule has 0 saturated heterocycles. The van der Waals surface area contributed by atoms with Gasteiger partial charge < -0.3 is 10.1 Å². The second-order valence-corrected chi connectivity index (χ2v) is 8.64. The molecule has 0 unspecified atom stereocenters. The van der Waals surface area contributed by atoms with E-state index < -0.39 is 10.0 Å². The molecule has 0 saturated carbocycles. The Bertz CT molecular complexity index is 1140. The lowest BCUT2D eigenvalue weighted by atomic mass is 10.0. The molecule has 1 amide bonds. The van der Waals surface area contributed by atoms with Gasteiger partial charge in [-0.1, -0.05) is 42.5 Å². The molecule has 2 N–H and O–H groups in total. The fourth-order valence-corrected chi connectivity index (χ4v) is 4.57. The van der Waals surface area contributed by atoms with E-state index in [1.807, 2.05) is 42.5 Å². The predicted molar refractivity (Wildman–Crippen MR) is 114 cm³/mol. The van der Waals surface area contributed by atoms with E-state index in [4.69, 9.17) is 4.74 Å². The Morgan fingerprint density at radius 1 is 1.03 bits per heavy atom. The summed E-state index contributed by atoms with van der Waals surface area (Å²) in [6.45, 7) is 3.79. The molecule has 0 aliphatic rings.